The molecular formula is C20H22N4O3. The summed E-state index contributed by atoms with van der Waals surface area (Å²) in [4.78, 5) is 21.7. The maximum absolute atomic E-state index is 13.0. The summed E-state index contributed by atoms with van der Waals surface area (Å²) in [5, 5.41) is 7.85. The van der Waals surface area contributed by atoms with Crippen molar-refractivity contribution in [2.24, 2.45) is 0 Å². The number of fused-ring (bicyclic) bond motifs is 1. The Morgan fingerprint density at radius 3 is 2.89 bits per heavy atom. The third-order valence-corrected chi connectivity index (χ3v) is 4.74. The average Bonchev–Trinajstić information content (AvgIpc) is 3.44. The van der Waals surface area contributed by atoms with E-state index in [0.29, 0.717) is 35.0 Å². The van der Waals surface area contributed by atoms with Crippen LogP contribution in [0.2, 0.25) is 0 Å². The predicted molar refractivity (Wildman–Crippen MR) is 99.8 cm³/mol. The van der Waals surface area contributed by atoms with E-state index in [9.17, 15) is 4.79 Å². The molecule has 4 rings (SSSR count). The van der Waals surface area contributed by atoms with Crippen LogP contribution < -0.4 is 10.1 Å². The van der Waals surface area contributed by atoms with Crippen LogP contribution in [0.4, 0.5) is 0 Å². The highest BCUT2D eigenvalue weighted by Crippen LogP contribution is 2.41. The Kier molecular flexibility index (Phi) is 4.51. The lowest BCUT2D eigenvalue weighted by molar-refractivity contribution is 0.0952. The van der Waals surface area contributed by atoms with E-state index < -0.39 is 0 Å². The van der Waals surface area contributed by atoms with Crippen molar-refractivity contribution in [1.29, 1.82) is 0 Å². The molecule has 1 aliphatic carbocycles. The van der Waals surface area contributed by atoms with Gasteiger partial charge in [-0.2, -0.15) is 0 Å². The maximum atomic E-state index is 13.0. The van der Waals surface area contributed by atoms with Crippen molar-refractivity contribution in [3.63, 3.8) is 0 Å². The van der Waals surface area contributed by atoms with Gasteiger partial charge in [0.2, 0.25) is 5.88 Å². The third kappa shape index (κ3) is 3.49. The van der Waals surface area contributed by atoms with Crippen LogP contribution >= 0.6 is 0 Å². The number of methoxy groups -OCH3 is 1. The summed E-state index contributed by atoms with van der Waals surface area (Å²) in [5.41, 5.74) is 3.60. The predicted octanol–water partition coefficient (Wildman–Crippen LogP) is 3.56. The van der Waals surface area contributed by atoms with Gasteiger partial charge in [-0.3, -0.25) is 4.79 Å². The molecule has 0 saturated heterocycles. The van der Waals surface area contributed by atoms with Gasteiger partial charge in [0.05, 0.1) is 23.8 Å². The van der Waals surface area contributed by atoms with Gasteiger partial charge in [0.25, 0.3) is 11.6 Å². The molecule has 7 nitrogen and oxygen atoms in total. The SMILES string of the molecule is COc1cc(CNC(=O)c2cc(C3CC3)nc3onc(C(C)C)c23)ccn1. The smallest absolute Gasteiger partial charge is 0.259 e. The number of carbonyl (C=O) groups excluding carboxylic acids is 1. The van der Waals surface area contributed by atoms with Crippen LogP contribution in [0.25, 0.3) is 11.1 Å². The van der Waals surface area contributed by atoms with Gasteiger partial charge in [-0.05, 0) is 36.5 Å². The summed E-state index contributed by atoms with van der Waals surface area (Å²) in [6.45, 7) is 4.43. The molecule has 27 heavy (non-hydrogen) atoms. The number of rotatable bonds is 6. The molecule has 0 atom stereocenters. The first kappa shape index (κ1) is 17.5. The van der Waals surface area contributed by atoms with Crippen LogP contribution in [-0.2, 0) is 6.54 Å². The van der Waals surface area contributed by atoms with Gasteiger partial charge >= 0.3 is 0 Å². The first-order valence-electron chi connectivity index (χ1n) is 9.14. The number of hydrogen-bond acceptors (Lipinski definition) is 6. The van der Waals surface area contributed by atoms with Crippen molar-refractivity contribution in [1.82, 2.24) is 20.4 Å². The Labute approximate surface area is 157 Å². The van der Waals surface area contributed by atoms with Gasteiger partial charge in [0.1, 0.15) is 0 Å². The highest BCUT2D eigenvalue weighted by atomic mass is 16.5. The Morgan fingerprint density at radius 1 is 1.37 bits per heavy atom. The summed E-state index contributed by atoms with van der Waals surface area (Å²) in [7, 11) is 1.57. The Morgan fingerprint density at radius 2 is 2.19 bits per heavy atom. The summed E-state index contributed by atoms with van der Waals surface area (Å²) >= 11 is 0. The van der Waals surface area contributed by atoms with Crippen molar-refractivity contribution < 1.29 is 14.1 Å². The van der Waals surface area contributed by atoms with E-state index in [-0.39, 0.29) is 11.8 Å². The zero-order valence-electron chi connectivity index (χ0n) is 15.7. The monoisotopic (exact) mass is 366 g/mol. The minimum atomic E-state index is -0.162. The number of nitrogens with zero attached hydrogens (tertiary/aromatic N) is 3. The van der Waals surface area contributed by atoms with Crippen molar-refractivity contribution >= 4 is 17.0 Å². The topological polar surface area (TPSA) is 90.1 Å². The van der Waals surface area contributed by atoms with Crippen molar-refractivity contribution in [2.75, 3.05) is 7.11 Å². The minimum absolute atomic E-state index is 0.135. The normalized spacial score (nSPS) is 13.9. The fraction of sp³-hybridized carbons (Fsp3) is 0.400. The zero-order valence-corrected chi connectivity index (χ0v) is 15.7. The second kappa shape index (κ2) is 6.98. The average molecular weight is 366 g/mol. The Hall–Kier alpha value is -2.96. The third-order valence-electron chi connectivity index (χ3n) is 4.74. The van der Waals surface area contributed by atoms with Crippen LogP contribution in [0, 0.1) is 0 Å². The van der Waals surface area contributed by atoms with E-state index in [4.69, 9.17) is 9.26 Å². The molecule has 7 heteroatoms. The number of amides is 1. The van der Waals surface area contributed by atoms with Gasteiger partial charge in [0, 0.05) is 30.4 Å². The molecule has 1 aliphatic rings. The van der Waals surface area contributed by atoms with E-state index in [0.717, 1.165) is 29.8 Å². The Balaban J connectivity index is 1.66. The number of hydrogen-bond donors (Lipinski definition) is 1. The number of nitrogens with one attached hydrogen (secondary N) is 1. The summed E-state index contributed by atoms with van der Waals surface area (Å²) < 4.78 is 10.6. The van der Waals surface area contributed by atoms with Crippen LogP contribution in [0.5, 0.6) is 5.88 Å². The molecule has 0 aliphatic heterocycles. The lowest BCUT2D eigenvalue weighted by atomic mass is 10.0. The molecule has 3 aromatic heterocycles. The maximum Gasteiger partial charge on any atom is 0.259 e. The van der Waals surface area contributed by atoms with Crippen LogP contribution in [0.3, 0.4) is 0 Å². The molecule has 0 spiro atoms. The first-order chi connectivity index (χ1) is 13.1. The van der Waals surface area contributed by atoms with Crippen LogP contribution in [-0.4, -0.2) is 28.1 Å². The van der Waals surface area contributed by atoms with Crippen molar-refractivity contribution in [3.8, 4) is 5.88 Å². The number of aromatic nitrogens is 3. The van der Waals surface area contributed by atoms with Crippen LogP contribution in [0.15, 0.2) is 28.9 Å². The fourth-order valence-electron chi connectivity index (χ4n) is 3.10. The molecule has 0 bridgehead atoms. The second-order valence-electron chi connectivity index (χ2n) is 7.16. The quantitative estimate of drug-likeness (QED) is 0.717. The molecule has 0 unspecified atom stereocenters. The lowest BCUT2D eigenvalue weighted by Gasteiger charge is -2.10. The Bertz CT molecular complexity index is 992. The first-order valence-corrected chi connectivity index (χ1v) is 9.14. The molecule has 1 amide bonds. The molecule has 0 aromatic carbocycles. The lowest BCUT2D eigenvalue weighted by Crippen LogP contribution is -2.23. The molecule has 1 saturated carbocycles. The van der Waals surface area contributed by atoms with Gasteiger partial charge in [0.15, 0.2) is 0 Å². The van der Waals surface area contributed by atoms with Crippen molar-refractivity contribution in [3.05, 3.63) is 46.9 Å². The molecule has 0 radical (unpaired) electrons. The molecule has 140 valence electrons. The van der Waals surface area contributed by atoms with Crippen LogP contribution in [0.1, 0.15) is 65.8 Å². The second-order valence-corrected chi connectivity index (χ2v) is 7.16. The number of pyridine rings is 2. The summed E-state index contributed by atoms with van der Waals surface area (Å²) in [5.74, 6) is 0.907. The molecule has 1 fully saturated rings. The largest absolute Gasteiger partial charge is 0.481 e. The van der Waals surface area contributed by atoms with Gasteiger partial charge in [-0.1, -0.05) is 19.0 Å². The van der Waals surface area contributed by atoms with E-state index in [1.165, 1.54) is 0 Å². The zero-order chi connectivity index (χ0) is 19.0. The number of carbonyl (C=O) groups is 1. The van der Waals surface area contributed by atoms with Gasteiger partial charge in [-0.25, -0.2) is 9.97 Å². The summed E-state index contributed by atoms with van der Waals surface area (Å²) in [6.07, 6.45) is 3.86. The van der Waals surface area contributed by atoms with E-state index >= 15 is 0 Å². The molecule has 3 heterocycles. The minimum Gasteiger partial charge on any atom is -0.481 e. The van der Waals surface area contributed by atoms with E-state index in [1.54, 1.807) is 19.4 Å². The highest BCUT2D eigenvalue weighted by Gasteiger charge is 2.29. The molecule has 1 N–H and O–H groups in total. The summed E-state index contributed by atoms with van der Waals surface area (Å²) in [6, 6.07) is 5.54. The van der Waals surface area contributed by atoms with Crippen molar-refractivity contribution in [2.45, 2.75) is 45.1 Å². The van der Waals surface area contributed by atoms with Gasteiger partial charge < -0.3 is 14.6 Å². The number of ether oxygens (including phenoxy) is 1. The fourth-order valence-corrected chi connectivity index (χ4v) is 3.10. The van der Waals surface area contributed by atoms with E-state index in [1.807, 2.05) is 26.0 Å². The van der Waals surface area contributed by atoms with Gasteiger partial charge in [-0.15, -0.1) is 0 Å². The highest BCUT2D eigenvalue weighted by molar-refractivity contribution is 6.06. The van der Waals surface area contributed by atoms with E-state index in [2.05, 4.69) is 20.4 Å². The standard InChI is InChI=1S/C20H22N4O3/c1-11(2)18-17-14(9-15(13-4-5-13)23-20(17)27-24-18)19(25)22-10-12-6-7-21-16(8-12)26-3/h6-9,11,13H,4-5,10H2,1-3H3,(H,22,25). The molecule has 3 aromatic rings. The molecular weight excluding hydrogens is 344 g/mol.